The van der Waals surface area contributed by atoms with Gasteiger partial charge in [0.05, 0.1) is 24.3 Å². The van der Waals surface area contributed by atoms with E-state index in [9.17, 15) is 28.2 Å². The fraction of sp³-hybridized carbons (Fsp3) is 0.667. The maximum Gasteiger partial charge on any atom is 0.353 e. The van der Waals surface area contributed by atoms with Crippen LogP contribution in [0.4, 0.5) is 0 Å². The molecule has 0 aromatic rings. The Balaban J connectivity index is 1.65. The summed E-state index contributed by atoms with van der Waals surface area (Å²) in [6, 6.07) is -0.230. The Morgan fingerprint density at radius 3 is 2.76 bits per heavy atom. The van der Waals surface area contributed by atoms with E-state index in [1.807, 2.05) is 13.0 Å². The molecule has 0 aromatic heterocycles. The molecule has 3 heterocycles. The minimum Gasteiger partial charge on any atom is -0.477 e. The van der Waals surface area contributed by atoms with Gasteiger partial charge in [-0.15, -0.1) is 11.8 Å². The molecule has 29 heavy (non-hydrogen) atoms. The number of aliphatic carboxylic acids is 1. The highest BCUT2D eigenvalue weighted by Crippen LogP contribution is 2.51. The Labute approximate surface area is 174 Å². The van der Waals surface area contributed by atoms with E-state index < -0.39 is 28.0 Å². The van der Waals surface area contributed by atoms with Crippen molar-refractivity contribution in [2.45, 2.75) is 43.7 Å². The van der Waals surface area contributed by atoms with E-state index in [1.165, 1.54) is 16.7 Å². The van der Waals surface area contributed by atoms with Crippen molar-refractivity contribution >= 4 is 33.7 Å². The number of hydrogen-bond donors (Lipinski definition) is 4. The first kappa shape index (κ1) is 22.3. The Bertz CT molecular complexity index is 854. The largest absolute Gasteiger partial charge is 0.477 e. The normalized spacial score (nSPS) is 33.3. The molecule has 11 heteroatoms. The lowest BCUT2D eigenvalue weighted by molar-refractivity contribution is -0.163. The molecule has 2 saturated heterocycles. The van der Waals surface area contributed by atoms with Crippen LogP contribution in [0.1, 0.15) is 20.3 Å². The standard InChI is InChI=1S/C18H27N3O6S2/c1-9-14-13(10(2)22)17(23)21(14)15(18(24)25)16(9)28-12-7-11(19-8-12)5-4-6-20-29(3,26)27/h4-5,9-14,19-20,22H,6-8H2,1-3H3,(H,24,25)/b5-4+/t9-,10?,11-,12+,13?,14-/m1/s1. The second-order valence-electron chi connectivity index (χ2n) is 7.81. The van der Waals surface area contributed by atoms with E-state index in [0.29, 0.717) is 11.4 Å². The summed E-state index contributed by atoms with van der Waals surface area (Å²) in [4.78, 5) is 26.3. The first-order valence-electron chi connectivity index (χ1n) is 9.51. The van der Waals surface area contributed by atoms with Crippen molar-refractivity contribution in [2.75, 3.05) is 19.3 Å². The van der Waals surface area contributed by atoms with Crippen LogP contribution in [-0.4, -0.2) is 78.2 Å². The number of thioether (sulfide) groups is 1. The van der Waals surface area contributed by atoms with Gasteiger partial charge in [0.2, 0.25) is 15.9 Å². The number of rotatable bonds is 8. The molecule has 0 spiro atoms. The Hall–Kier alpha value is -1.40. The maximum atomic E-state index is 12.4. The number of amides is 1. The molecule has 9 nitrogen and oxygen atoms in total. The molecular weight excluding hydrogens is 418 g/mol. The molecule has 0 aliphatic carbocycles. The highest BCUT2D eigenvalue weighted by molar-refractivity contribution is 8.03. The van der Waals surface area contributed by atoms with Crippen LogP contribution in [0.3, 0.4) is 0 Å². The van der Waals surface area contributed by atoms with Gasteiger partial charge in [0.15, 0.2) is 0 Å². The minimum atomic E-state index is -3.22. The van der Waals surface area contributed by atoms with Crippen LogP contribution in [-0.2, 0) is 19.6 Å². The number of fused-ring (bicyclic) bond motifs is 1. The van der Waals surface area contributed by atoms with Crippen LogP contribution in [0.5, 0.6) is 0 Å². The zero-order valence-corrected chi connectivity index (χ0v) is 18.2. The highest BCUT2D eigenvalue weighted by Gasteiger charge is 2.60. The van der Waals surface area contributed by atoms with Crippen molar-refractivity contribution in [1.82, 2.24) is 14.9 Å². The average molecular weight is 446 g/mol. The third-order valence-electron chi connectivity index (χ3n) is 5.56. The fourth-order valence-electron chi connectivity index (χ4n) is 4.26. The minimum absolute atomic E-state index is 0.0470. The molecule has 0 saturated carbocycles. The number of carbonyl (C=O) groups is 2. The van der Waals surface area contributed by atoms with E-state index >= 15 is 0 Å². The SMILES string of the molecule is CC(O)C1C(=O)N2C(C(=O)O)=C(S[C@@H]3CN[C@H](/C=C/CNS(C)(=O)=O)C3)[C@H](C)[C@H]12. The fourth-order valence-corrected chi connectivity index (χ4v) is 6.15. The Kier molecular flexibility index (Phi) is 6.44. The average Bonchev–Trinajstić information content (AvgIpc) is 3.13. The summed E-state index contributed by atoms with van der Waals surface area (Å²) in [7, 11) is -3.22. The summed E-state index contributed by atoms with van der Waals surface area (Å²) in [5.74, 6) is -2.14. The topological polar surface area (TPSA) is 136 Å². The Morgan fingerprint density at radius 2 is 2.17 bits per heavy atom. The summed E-state index contributed by atoms with van der Waals surface area (Å²) in [6.45, 7) is 4.38. The zero-order valence-electron chi connectivity index (χ0n) is 16.5. The first-order chi connectivity index (χ1) is 13.5. The second-order valence-corrected chi connectivity index (χ2v) is 11.0. The van der Waals surface area contributed by atoms with Gasteiger partial charge in [0.25, 0.3) is 0 Å². The number of aliphatic hydroxyl groups excluding tert-OH is 1. The molecule has 1 amide bonds. The zero-order chi connectivity index (χ0) is 21.5. The van der Waals surface area contributed by atoms with Gasteiger partial charge in [0, 0.05) is 35.2 Å². The van der Waals surface area contributed by atoms with Gasteiger partial charge >= 0.3 is 5.97 Å². The molecular formula is C18H27N3O6S2. The maximum absolute atomic E-state index is 12.4. The van der Waals surface area contributed by atoms with Crippen LogP contribution in [0, 0.1) is 11.8 Å². The third-order valence-corrected chi connectivity index (χ3v) is 7.76. The number of aliphatic hydroxyl groups is 1. The van der Waals surface area contributed by atoms with Gasteiger partial charge in [-0.2, -0.15) is 0 Å². The highest BCUT2D eigenvalue weighted by atomic mass is 32.2. The molecule has 3 aliphatic rings. The summed E-state index contributed by atoms with van der Waals surface area (Å²) in [5, 5.41) is 23.1. The molecule has 0 radical (unpaired) electrons. The monoisotopic (exact) mass is 445 g/mol. The van der Waals surface area contributed by atoms with Gasteiger partial charge in [-0.05, 0) is 13.3 Å². The van der Waals surface area contributed by atoms with Crippen molar-refractivity contribution in [3.05, 3.63) is 22.8 Å². The van der Waals surface area contributed by atoms with Crippen molar-refractivity contribution in [3.63, 3.8) is 0 Å². The summed E-state index contributed by atoms with van der Waals surface area (Å²) < 4.78 is 24.5. The number of nitrogens with zero attached hydrogens (tertiary/aromatic N) is 1. The van der Waals surface area contributed by atoms with Crippen LogP contribution in [0.2, 0.25) is 0 Å². The number of hydrogen-bond acceptors (Lipinski definition) is 7. The van der Waals surface area contributed by atoms with Crippen molar-refractivity contribution in [2.24, 2.45) is 11.8 Å². The molecule has 2 fully saturated rings. The summed E-state index contributed by atoms with van der Waals surface area (Å²) >= 11 is 1.49. The molecule has 0 aromatic carbocycles. The predicted octanol–water partition coefficient (Wildman–Crippen LogP) is -0.291. The van der Waals surface area contributed by atoms with E-state index in [4.69, 9.17) is 0 Å². The lowest BCUT2D eigenvalue weighted by Crippen LogP contribution is -2.63. The molecule has 4 N–H and O–H groups in total. The van der Waals surface area contributed by atoms with Crippen molar-refractivity contribution < 1.29 is 28.2 Å². The van der Waals surface area contributed by atoms with Crippen LogP contribution >= 0.6 is 11.8 Å². The molecule has 3 aliphatic heterocycles. The van der Waals surface area contributed by atoms with Gasteiger partial charge < -0.3 is 20.4 Å². The number of sulfonamides is 1. The van der Waals surface area contributed by atoms with E-state index in [0.717, 1.165) is 12.7 Å². The summed E-state index contributed by atoms with van der Waals surface area (Å²) in [5.41, 5.74) is 0.0470. The lowest BCUT2D eigenvalue weighted by Gasteiger charge is -2.46. The molecule has 2 unspecified atom stereocenters. The van der Waals surface area contributed by atoms with Gasteiger partial charge in [-0.1, -0.05) is 19.1 Å². The van der Waals surface area contributed by atoms with E-state index in [2.05, 4.69) is 10.0 Å². The number of carboxylic acids is 1. The van der Waals surface area contributed by atoms with Crippen LogP contribution < -0.4 is 10.0 Å². The molecule has 0 bridgehead atoms. The van der Waals surface area contributed by atoms with Gasteiger partial charge in [0.1, 0.15) is 5.70 Å². The van der Waals surface area contributed by atoms with Crippen LogP contribution in [0.25, 0.3) is 0 Å². The van der Waals surface area contributed by atoms with E-state index in [1.54, 1.807) is 13.0 Å². The lowest BCUT2D eigenvalue weighted by atomic mass is 9.79. The van der Waals surface area contributed by atoms with Crippen molar-refractivity contribution in [3.8, 4) is 0 Å². The first-order valence-corrected chi connectivity index (χ1v) is 12.3. The van der Waals surface area contributed by atoms with E-state index in [-0.39, 0.29) is 41.4 Å². The molecule has 6 atom stereocenters. The van der Waals surface area contributed by atoms with Crippen LogP contribution in [0.15, 0.2) is 22.8 Å². The number of carboxylic acid groups (broad SMARTS) is 1. The Morgan fingerprint density at radius 1 is 1.48 bits per heavy atom. The van der Waals surface area contributed by atoms with Gasteiger partial charge in [-0.3, -0.25) is 4.79 Å². The number of carbonyl (C=O) groups excluding carboxylic acids is 1. The summed E-state index contributed by atoms with van der Waals surface area (Å²) in [6.07, 6.45) is 4.72. The third kappa shape index (κ3) is 4.53. The van der Waals surface area contributed by atoms with Crippen molar-refractivity contribution in [1.29, 1.82) is 0 Å². The molecule has 162 valence electrons. The molecule has 3 rings (SSSR count). The number of β-lactam (4-membered cyclic amide) rings is 1. The smallest absolute Gasteiger partial charge is 0.353 e. The quantitative estimate of drug-likeness (QED) is 0.296. The second kappa shape index (κ2) is 8.38. The predicted molar refractivity (Wildman–Crippen MR) is 109 cm³/mol. The van der Waals surface area contributed by atoms with Gasteiger partial charge in [-0.25, -0.2) is 17.9 Å². The number of nitrogens with one attached hydrogen (secondary N) is 2.